The number of benzene rings is 1. The molecule has 19 heavy (non-hydrogen) atoms. The summed E-state index contributed by atoms with van der Waals surface area (Å²) in [5.41, 5.74) is 4.98. The number of nitrogens with one attached hydrogen (secondary N) is 1. The highest BCUT2D eigenvalue weighted by Gasteiger charge is 2.17. The Balaban J connectivity index is 2.26. The molecule has 0 radical (unpaired) electrons. The number of hydrogen-bond donors (Lipinski definition) is 2. The molecule has 6 heteroatoms. The number of hydrazine groups is 1. The van der Waals surface area contributed by atoms with Crippen molar-refractivity contribution in [2.45, 2.75) is 19.4 Å². The van der Waals surface area contributed by atoms with Gasteiger partial charge in [-0.15, -0.1) is 0 Å². The summed E-state index contributed by atoms with van der Waals surface area (Å²) in [5.74, 6) is 5.25. The van der Waals surface area contributed by atoms with E-state index < -0.39 is 0 Å². The molecule has 2 aromatic rings. The third kappa shape index (κ3) is 3.12. The first-order valence-corrected chi connectivity index (χ1v) is 6.29. The Morgan fingerprint density at radius 2 is 2.21 bits per heavy atom. The van der Waals surface area contributed by atoms with Crippen LogP contribution in [0.15, 0.2) is 24.3 Å². The highest BCUT2D eigenvalue weighted by atomic mass is 35.5. The molecule has 0 spiro atoms. The smallest absolute Gasteiger partial charge is 0.126 e. The van der Waals surface area contributed by atoms with Crippen molar-refractivity contribution in [3.8, 4) is 0 Å². The standard InChI is InChI=1S/C13H16ClFN4/c1-8-5-13(18-19(8)2)12(17-16)7-9-6-10(14)3-4-11(9)15/h3-6,12,17H,7,16H2,1-2H3. The first kappa shape index (κ1) is 14.0. The van der Waals surface area contributed by atoms with E-state index in [0.29, 0.717) is 17.0 Å². The fraction of sp³-hybridized carbons (Fsp3) is 0.308. The van der Waals surface area contributed by atoms with Crippen molar-refractivity contribution in [1.82, 2.24) is 15.2 Å². The molecule has 0 aliphatic heterocycles. The molecule has 1 heterocycles. The van der Waals surface area contributed by atoms with Gasteiger partial charge >= 0.3 is 0 Å². The van der Waals surface area contributed by atoms with Crippen molar-refractivity contribution < 1.29 is 4.39 Å². The van der Waals surface area contributed by atoms with Gasteiger partial charge in [-0.05, 0) is 43.2 Å². The molecule has 0 aliphatic rings. The minimum Gasteiger partial charge on any atom is -0.273 e. The summed E-state index contributed by atoms with van der Waals surface area (Å²) in [6, 6.07) is 6.16. The molecule has 1 atom stereocenters. The van der Waals surface area contributed by atoms with Crippen LogP contribution in [0.1, 0.15) is 23.0 Å². The lowest BCUT2D eigenvalue weighted by molar-refractivity contribution is 0.512. The van der Waals surface area contributed by atoms with Gasteiger partial charge in [0.25, 0.3) is 0 Å². The Bertz CT molecular complexity index is 563. The number of nitrogens with zero attached hydrogens (tertiary/aromatic N) is 2. The zero-order valence-corrected chi connectivity index (χ0v) is 11.6. The number of halogens is 2. The molecule has 2 rings (SSSR count). The topological polar surface area (TPSA) is 55.9 Å². The van der Waals surface area contributed by atoms with E-state index in [2.05, 4.69) is 10.5 Å². The van der Waals surface area contributed by atoms with Crippen molar-refractivity contribution in [3.63, 3.8) is 0 Å². The van der Waals surface area contributed by atoms with E-state index in [9.17, 15) is 4.39 Å². The Morgan fingerprint density at radius 3 is 2.79 bits per heavy atom. The molecule has 102 valence electrons. The quantitative estimate of drug-likeness (QED) is 0.668. The van der Waals surface area contributed by atoms with Crippen LogP contribution in [0.5, 0.6) is 0 Å². The van der Waals surface area contributed by atoms with Crippen LogP contribution in [0.2, 0.25) is 5.02 Å². The lowest BCUT2D eigenvalue weighted by atomic mass is 10.0. The molecule has 0 aliphatic carbocycles. The van der Waals surface area contributed by atoms with E-state index >= 15 is 0 Å². The summed E-state index contributed by atoms with van der Waals surface area (Å²) in [7, 11) is 1.85. The van der Waals surface area contributed by atoms with Crippen LogP contribution in [0.4, 0.5) is 4.39 Å². The molecule has 1 aromatic heterocycles. The fourth-order valence-corrected chi connectivity index (χ4v) is 2.12. The van der Waals surface area contributed by atoms with E-state index in [1.165, 1.54) is 12.1 Å². The van der Waals surface area contributed by atoms with Crippen LogP contribution >= 0.6 is 11.6 Å². The number of rotatable bonds is 4. The molecule has 4 nitrogen and oxygen atoms in total. The minimum atomic E-state index is -0.294. The maximum absolute atomic E-state index is 13.7. The predicted molar refractivity (Wildman–Crippen MR) is 73.1 cm³/mol. The van der Waals surface area contributed by atoms with Crippen molar-refractivity contribution in [3.05, 3.63) is 52.1 Å². The highest BCUT2D eigenvalue weighted by molar-refractivity contribution is 6.30. The lowest BCUT2D eigenvalue weighted by Crippen LogP contribution is -2.30. The van der Waals surface area contributed by atoms with Crippen molar-refractivity contribution in [1.29, 1.82) is 0 Å². The molecular formula is C13H16ClFN4. The summed E-state index contributed by atoms with van der Waals surface area (Å²) in [6.45, 7) is 1.95. The van der Waals surface area contributed by atoms with Gasteiger partial charge in [0.2, 0.25) is 0 Å². The van der Waals surface area contributed by atoms with Crippen LogP contribution in [-0.4, -0.2) is 9.78 Å². The van der Waals surface area contributed by atoms with Crippen LogP contribution in [0, 0.1) is 12.7 Å². The zero-order valence-electron chi connectivity index (χ0n) is 10.8. The van der Waals surface area contributed by atoms with Gasteiger partial charge in [-0.1, -0.05) is 11.6 Å². The molecule has 1 unspecified atom stereocenters. The van der Waals surface area contributed by atoms with Gasteiger partial charge in [0.15, 0.2) is 0 Å². The number of aromatic nitrogens is 2. The molecule has 3 N–H and O–H groups in total. The number of hydrogen-bond acceptors (Lipinski definition) is 3. The van der Waals surface area contributed by atoms with Crippen molar-refractivity contribution in [2.75, 3.05) is 0 Å². The summed E-state index contributed by atoms with van der Waals surface area (Å²) < 4.78 is 15.5. The Labute approximate surface area is 116 Å². The van der Waals surface area contributed by atoms with Crippen molar-refractivity contribution in [2.24, 2.45) is 12.9 Å². The van der Waals surface area contributed by atoms with Gasteiger partial charge < -0.3 is 0 Å². The number of aryl methyl sites for hydroxylation is 2. The third-order valence-corrected chi connectivity index (χ3v) is 3.36. The zero-order chi connectivity index (χ0) is 14.0. The van der Waals surface area contributed by atoms with Gasteiger partial charge in [-0.2, -0.15) is 5.10 Å². The second-order valence-corrected chi connectivity index (χ2v) is 4.93. The van der Waals surface area contributed by atoms with E-state index in [0.717, 1.165) is 11.4 Å². The molecule has 0 saturated heterocycles. The normalized spacial score (nSPS) is 12.7. The maximum Gasteiger partial charge on any atom is 0.126 e. The summed E-state index contributed by atoms with van der Waals surface area (Å²) in [5, 5.41) is 4.85. The molecule has 0 saturated carbocycles. The summed E-state index contributed by atoms with van der Waals surface area (Å²) >= 11 is 5.88. The molecule has 0 bridgehead atoms. The molecule has 0 amide bonds. The first-order valence-electron chi connectivity index (χ1n) is 5.92. The minimum absolute atomic E-state index is 0.257. The summed E-state index contributed by atoms with van der Waals surface area (Å²) in [6.07, 6.45) is 0.388. The fourth-order valence-electron chi connectivity index (χ4n) is 1.93. The van der Waals surface area contributed by atoms with Crippen molar-refractivity contribution >= 4 is 11.6 Å². The average Bonchev–Trinajstić information content (AvgIpc) is 2.70. The van der Waals surface area contributed by atoms with Crippen LogP contribution in [-0.2, 0) is 13.5 Å². The highest BCUT2D eigenvalue weighted by Crippen LogP contribution is 2.22. The number of nitrogens with two attached hydrogens (primary N) is 1. The van der Waals surface area contributed by atoms with E-state index in [4.69, 9.17) is 17.4 Å². The molecule has 0 fully saturated rings. The summed E-state index contributed by atoms with van der Waals surface area (Å²) in [4.78, 5) is 0. The average molecular weight is 283 g/mol. The van der Waals surface area contributed by atoms with Gasteiger partial charge in [0.05, 0.1) is 11.7 Å². The van der Waals surface area contributed by atoms with Crippen LogP contribution in [0.3, 0.4) is 0 Å². The Morgan fingerprint density at radius 1 is 1.47 bits per heavy atom. The van der Waals surface area contributed by atoms with Crippen LogP contribution < -0.4 is 11.3 Å². The predicted octanol–water partition coefficient (Wildman–Crippen LogP) is 2.27. The molecule has 1 aromatic carbocycles. The van der Waals surface area contributed by atoms with Gasteiger partial charge in [0.1, 0.15) is 5.82 Å². The van der Waals surface area contributed by atoms with Gasteiger partial charge in [0, 0.05) is 17.8 Å². The van der Waals surface area contributed by atoms with Gasteiger partial charge in [-0.3, -0.25) is 16.0 Å². The SMILES string of the molecule is Cc1cc(C(Cc2cc(Cl)ccc2F)NN)nn1C. The van der Waals surface area contributed by atoms with E-state index in [1.807, 2.05) is 20.0 Å². The molecular weight excluding hydrogens is 267 g/mol. The second-order valence-electron chi connectivity index (χ2n) is 4.49. The van der Waals surface area contributed by atoms with Crippen LogP contribution in [0.25, 0.3) is 0 Å². The Kier molecular flexibility index (Phi) is 4.19. The van der Waals surface area contributed by atoms with Gasteiger partial charge in [-0.25, -0.2) is 4.39 Å². The first-order chi connectivity index (χ1) is 9.01. The Hall–Kier alpha value is -1.43. The van der Waals surface area contributed by atoms with E-state index in [1.54, 1.807) is 10.7 Å². The third-order valence-electron chi connectivity index (χ3n) is 3.12. The van der Waals surface area contributed by atoms with E-state index in [-0.39, 0.29) is 11.9 Å². The monoisotopic (exact) mass is 282 g/mol. The second kappa shape index (κ2) is 5.69. The largest absolute Gasteiger partial charge is 0.273 e. The maximum atomic E-state index is 13.7. The lowest BCUT2D eigenvalue weighted by Gasteiger charge is -2.14.